The van der Waals surface area contributed by atoms with Crippen molar-refractivity contribution >= 4 is 41.0 Å². The third kappa shape index (κ3) is 3.15. The number of hydrogen-bond acceptors (Lipinski definition) is 5. The summed E-state index contributed by atoms with van der Waals surface area (Å²) < 4.78 is 5.59. The van der Waals surface area contributed by atoms with Gasteiger partial charge in [-0.3, -0.25) is 0 Å². The van der Waals surface area contributed by atoms with Crippen LogP contribution in [-0.2, 0) is 5.75 Å². The minimum Gasteiger partial charge on any atom is -0.307 e. The van der Waals surface area contributed by atoms with Crippen LogP contribution in [0, 0.1) is 10.9 Å². The first-order valence-electron chi connectivity index (χ1n) is 7.42. The lowest BCUT2D eigenvalue weighted by molar-refractivity contribution is 0.829. The molecule has 0 bridgehead atoms. The van der Waals surface area contributed by atoms with Gasteiger partial charge in [0.15, 0.2) is 8.29 Å². The van der Waals surface area contributed by atoms with Crippen molar-refractivity contribution in [1.29, 1.82) is 0 Å². The molecule has 0 aliphatic rings. The molecule has 0 amide bonds. The first kappa shape index (κ1) is 15.6. The van der Waals surface area contributed by atoms with Gasteiger partial charge < -0.3 is 4.40 Å². The maximum absolute atomic E-state index is 5.44. The van der Waals surface area contributed by atoms with Gasteiger partial charge in [-0.25, -0.2) is 9.67 Å². The summed E-state index contributed by atoms with van der Waals surface area (Å²) >= 11 is 8.64. The molecule has 24 heavy (non-hydrogen) atoms. The fourth-order valence-electron chi connectivity index (χ4n) is 2.41. The summed E-state index contributed by atoms with van der Waals surface area (Å²) in [6.07, 6.45) is 4.16. The van der Waals surface area contributed by atoms with E-state index in [1.54, 1.807) is 11.8 Å². The summed E-state index contributed by atoms with van der Waals surface area (Å²) in [5, 5.41) is 4.62. The minimum absolute atomic E-state index is 0.759. The number of thioether (sulfide) groups is 1. The maximum atomic E-state index is 5.44. The first-order valence-corrected chi connectivity index (χ1v) is 9.63. The monoisotopic (exact) mass is 370 g/mol. The second-order valence-corrected chi connectivity index (χ2v) is 8.22. The van der Waals surface area contributed by atoms with E-state index < -0.39 is 0 Å². The number of rotatable bonds is 4. The van der Waals surface area contributed by atoms with Crippen molar-refractivity contribution in [2.45, 2.75) is 17.0 Å². The van der Waals surface area contributed by atoms with Crippen molar-refractivity contribution in [2.75, 3.05) is 0 Å². The van der Waals surface area contributed by atoms with Crippen molar-refractivity contribution < 1.29 is 0 Å². The molecule has 0 radical (unpaired) electrons. The van der Waals surface area contributed by atoms with Crippen molar-refractivity contribution in [3.05, 3.63) is 70.1 Å². The average Bonchev–Trinajstić information content (AvgIpc) is 3.16. The SMILES string of the molecule is Cc1ccc2nc(CSc3nn(-c4ccccc4)c(=S)s3)cn2c1. The smallest absolute Gasteiger partial charge is 0.184 e. The number of pyridine rings is 1. The second-order valence-electron chi connectivity index (χ2n) is 5.37. The molecule has 0 N–H and O–H groups in total. The Hall–Kier alpha value is -1.96. The standard InChI is InChI=1S/C17H14N4S3/c1-12-7-8-15-18-13(10-20(15)9-12)11-23-16-19-21(17(22)24-16)14-5-3-2-4-6-14/h2-10H,11H2,1H3. The number of para-hydroxylation sites is 1. The van der Waals surface area contributed by atoms with Gasteiger partial charge in [0.1, 0.15) is 5.65 Å². The molecule has 1 aromatic carbocycles. The molecule has 4 nitrogen and oxygen atoms in total. The molecule has 3 aromatic heterocycles. The topological polar surface area (TPSA) is 35.1 Å². The molecule has 4 rings (SSSR count). The van der Waals surface area contributed by atoms with Crippen LogP contribution in [-0.4, -0.2) is 19.2 Å². The summed E-state index contributed by atoms with van der Waals surface area (Å²) in [4.78, 5) is 4.64. The van der Waals surface area contributed by atoms with E-state index in [9.17, 15) is 0 Å². The molecule has 0 saturated carbocycles. The van der Waals surface area contributed by atoms with Crippen LogP contribution in [0.4, 0.5) is 0 Å². The number of benzene rings is 1. The number of aryl methyl sites for hydroxylation is 1. The van der Waals surface area contributed by atoms with Crippen LogP contribution in [0.3, 0.4) is 0 Å². The summed E-state index contributed by atoms with van der Waals surface area (Å²) in [5.74, 6) is 0.776. The summed E-state index contributed by atoms with van der Waals surface area (Å²) in [6, 6.07) is 14.1. The normalized spacial score (nSPS) is 11.2. The number of aromatic nitrogens is 4. The Bertz CT molecular complexity index is 1050. The van der Waals surface area contributed by atoms with E-state index in [4.69, 9.17) is 12.2 Å². The van der Waals surface area contributed by atoms with Gasteiger partial charge >= 0.3 is 0 Å². The Labute approximate surface area is 152 Å². The van der Waals surface area contributed by atoms with E-state index in [2.05, 4.69) is 39.9 Å². The molecular formula is C17H14N4S3. The van der Waals surface area contributed by atoms with Gasteiger partial charge in [-0.1, -0.05) is 47.4 Å². The zero-order valence-corrected chi connectivity index (χ0v) is 15.4. The molecule has 4 aromatic rings. The number of fused-ring (bicyclic) bond motifs is 1. The Morgan fingerprint density at radius 2 is 1.96 bits per heavy atom. The van der Waals surface area contributed by atoms with Crippen molar-refractivity contribution in [3.63, 3.8) is 0 Å². The van der Waals surface area contributed by atoms with Gasteiger partial charge in [0, 0.05) is 18.1 Å². The molecular weight excluding hydrogens is 356 g/mol. The van der Waals surface area contributed by atoms with E-state index in [1.807, 2.05) is 41.1 Å². The van der Waals surface area contributed by atoms with E-state index >= 15 is 0 Å². The van der Waals surface area contributed by atoms with E-state index in [0.29, 0.717) is 0 Å². The van der Waals surface area contributed by atoms with E-state index in [-0.39, 0.29) is 0 Å². The van der Waals surface area contributed by atoms with Crippen LogP contribution in [0.1, 0.15) is 11.3 Å². The van der Waals surface area contributed by atoms with Gasteiger partial charge in [0.05, 0.1) is 11.4 Å². The summed E-state index contributed by atoms with van der Waals surface area (Å²) in [7, 11) is 0. The van der Waals surface area contributed by atoms with Crippen molar-refractivity contribution in [2.24, 2.45) is 0 Å². The molecule has 120 valence electrons. The Balaban J connectivity index is 1.54. The van der Waals surface area contributed by atoms with Gasteiger partial charge in [-0.2, -0.15) is 0 Å². The minimum atomic E-state index is 0.759. The lowest BCUT2D eigenvalue weighted by Gasteiger charge is -1.98. The third-order valence-electron chi connectivity index (χ3n) is 3.52. The molecule has 0 atom stereocenters. The van der Waals surface area contributed by atoms with Gasteiger partial charge in [-0.15, -0.1) is 5.10 Å². The largest absolute Gasteiger partial charge is 0.307 e. The summed E-state index contributed by atoms with van der Waals surface area (Å²) in [6.45, 7) is 2.08. The highest BCUT2D eigenvalue weighted by molar-refractivity contribution is 8.00. The van der Waals surface area contributed by atoms with Gasteiger partial charge in [0.25, 0.3) is 0 Å². The summed E-state index contributed by atoms with van der Waals surface area (Å²) in [5.41, 5.74) is 4.23. The predicted octanol–water partition coefficient (Wildman–Crippen LogP) is 4.91. The molecule has 0 unspecified atom stereocenters. The highest BCUT2D eigenvalue weighted by Gasteiger charge is 2.08. The molecule has 0 aliphatic heterocycles. The fourth-order valence-corrected chi connectivity index (χ4v) is 4.66. The van der Waals surface area contributed by atoms with Crippen LogP contribution in [0.2, 0.25) is 0 Å². The van der Waals surface area contributed by atoms with Crippen molar-refractivity contribution in [3.8, 4) is 5.69 Å². The Morgan fingerprint density at radius 3 is 2.79 bits per heavy atom. The quantitative estimate of drug-likeness (QED) is 0.378. The van der Waals surface area contributed by atoms with Crippen LogP contribution in [0.5, 0.6) is 0 Å². The maximum Gasteiger partial charge on any atom is 0.184 e. The predicted molar refractivity (Wildman–Crippen MR) is 102 cm³/mol. The third-order valence-corrected chi connectivity index (χ3v) is 5.92. The Kier molecular flexibility index (Phi) is 4.22. The number of hydrogen-bond donors (Lipinski definition) is 0. The molecule has 3 heterocycles. The van der Waals surface area contributed by atoms with Crippen LogP contribution in [0.25, 0.3) is 11.3 Å². The Morgan fingerprint density at radius 1 is 1.12 bits per heavy atom. The molecule has 0 fully saturated rings. The average molecular weight is 371 g/mol. The fraction of sp³-hybridized carbons (Fsp3) is 0.118. The van der Waals surface area contributed by atoms with Crippen LogP contribution in [0.15, 0.2) is 59.2 Å². The van der Waals surface area contributed by atoms with Crippen LogP contribution < -0.4 is 0 Å². The molecule has 0 spiro atoms. The lowest BCUT2D eigenvalue weighted by Crippen LogP contribution is -1.95. The zero-order chi connectivity index (χ0) is 16.5. The molecule has 7 heteroatoms. The van der Waals surface area contributed by atoms with E-state index in [0.717, 1.165) is 31.1 Å². The number of imidazole rings is 1. The van der Waals surface area contributed by atoms with Gasteiger partial charge in [-0.05, 0) is 42.9 Å². The second kappa shape index (κ2) is 6.51. The van der Waals surface area contributed by atoms with Crippen LogP contribution >= 0.6 is 35.3 Å². The van der Waals surface area contributed by atoms with Crippen molar-refractivity contribution in [1.82, 2.24) is 19.2 Å². The molecule has 0 aliphatic carbocycles. The lowest BCUT2D eigenvalue weighted by atomic mass is 10.3. The zero-order valence-electron chi connectivity index (χ0n) is 12.9. The highest BCUT2D eigenvalue weighted by Crippen LogP contribution is 2.27. The highest BCUT2D eigenvalue weighted by atomic mass is 32.2. The van der Waals surface area contributed by atoms with E-state index in [1.165, 1.54) is 16.9 Å². The van der Waals surface area contributed by atoms with Gasteiger partial charge in [0.2, 0.25) is 0 Å². The first-order chi connectivity index (χ1) is 11.7. The molecule has 0 saturated heterocycles. The number of nitrogens with zero attached hydrogens (tertiary/aromatic N) is 4.